The highest BCUT2D eigenvalue weighted by molar-refractivity contribution is 5.57. The zero-order valence-corrected chi connectivity index (χ0v) is 15.4. The van der Waals surface area contributed by atoms with E-state index in [2.05, 4.69) is 26.4 Å². The quantitative estimate of drug-likeness (QED) is 0.742. The number of nitrogens with zero attached hydrogens (tertiary/aromatic N) is 4. The van der Waals surface area contributed by atoms with Crippen LogP contribution in [0.25, 0.3) is 0 Å². The van der Waals surface area contributed by atoms with Crippen molar-refractivity contribution >= 4 is 5.95 Å². The molecule has 8 heteroatoms. The molecule has 0 bridgehead atoms. The normalized spacial score (nSPS) is 18.3. The number of nitrogens with one attached hydrogen (secondary N) is 1. The Labute approximate surface area is 157 Å². The minimum atomic E-state index is -0.0799. The van der Waals surface area contributed by atoms with Crippen LogP contribution in [0, 0.1) is 0 Å². The maximum Gasteiger partial charge on any atom is 0.222 e. The molecule has 1 aromatic carbocycles. The van der Waals surface area contributed by atoms with Crippen molar-refractivity contribution in [2.45, 2.75) is 18.5 Å². The van der Waals surface area contributed by atoms with Gasteiger partial charge in [-0.2, -0.15) is 10.1 Å². The monoisotopic (exact) mass is 367 g/mol. The molecule has 27 heavy (non-hydrogen) atoms. The smallest absolute Gasteiger partial charge is 0.222 e. The minimum Gasteiger partial charge on any atom is -0.493 e. The summed E-state index contributed by atoms with van der Waals surface area (Å²) in [7, 11) is 4.84. The molecule has 2 atom stereocenters. The van der Waals surface area contributed by atoms with E-state index in [0.717, 1.165) is 17.5 Å². The number of pyridine rings is 1. The van der Waals surface area contributed by atoms with Crippen LogP contribution in [0.5, 0.6) is 17.2 Å². The lowest BCUT2D eigenvalue weighted by atomic mass is 9.93. The second-order valence-electron chi connectivity index (χ2n) is 6.19. The van der Waals surface area contributed by atoms with Crippen LogP contribution in [0.15, 0.2) is 43.0 Å². The Bertz CT molecular complexity index is 928. The van der Waals surface area contributed by atoms with E-state index in [4.69, 9.17) is 14.2 Å². The van der Waals surface area contributed by atoms with Crippen LogP contribution in [0.4, 0.5) is 5.95 Å². The van der Waals surface area contributed by atoms with E-state index in [1.165, 1.54) is 0 Å². The van der Waals surface area contributed by atoms with E-state index >= 15 is 0 Å². The maximum absolute atomic E-state index is 5.70. The fraction of sp³-hybridized carbons (Fsp3) is 0.316. The number of fused-ring (bicyclic) bond motifs is 1. The van der Waals surface area contributed by atoms with Crippen molar-refractivity contribution in [1.29, 1.82) is 0 Å². The molecule has 4 rings (SSSR count). The van der Waals surface area contributed by atoms with Crippen LogP contribution in [-0.4, -0.2) is 41.1 Å². The Morgan fingerprint density at radius 2 is 1.93 bits per heavy atom. The number of methoxy groups -OCH3 is 3. The number of aromatic nitrogens is 4. The van der Waals surface area contributed by atoms with Gasteiger partial charge in [-0.15, -0.1) is 0 Å². The van der Waals surface area contributed by atoms with Gasteiger partial charge in [0.15, 0.2) is 11.5 Å². The summed E-state index contributed by atoms with van der Waals surface area (Å²) in [6.45, 7) is 0. The van der Waals surface area contributed by atoms with Gasteiger partial charge in [0.2, 0.25) is 11.7 Å². The summed E-state index contributed by atoms with van der Waals surface area (Å²) in [5.74, 6) is 2.53. The molecule has 1 aliphatic heterocycles. The highest BCUT2D eigenvalue weighted by Crippen LogP contribution is 2.46. The van der Waals surface area contributed by atoms with Crippen molar-refractivity contribution in [2.24, 2.45) is 0 Å². The minimum absolute atomic E-state index is 0.0539. The second kappa shape index (κ2) is 7.14. The summed E-state index contributed by atoms with van der Waals surface area (Å²) in [6, 6.07) is 7.83. The van der Waals surface area contributed by atoms with Crippen LogP contribution >= 0.6 is 0 Å². The molecule has 8 nitrogen and oxygen atoms in total. The van der Waals surface area contributed by atoms with E-state index in [9.17, 15) is 0 Å². The van der Waals surface area contributed by atoms with Crippen LogP contribution in [-0.2, 0) is 0 Å². The number of rotatable bonds is 5. The van der Waals surface area contributed by atoms with Crippen molar-refractivity contribution in [1.82, 2.24) is 19.7 Å². The second-order valence-corrected chi connectivity index (χ2v) is 6.19. The van der Waals surface area contributed by atoms with Crippen LogP contribution in [0.3, 0.4) is 0 Å². The van der Waals surface area contributed by atoms with Gasteiger partial charge in [-0.1, -0.05) is 6.07 Å². The molecule has 2 unspecified atom stereocenters. The van der Waals surface area contributed by atoms with Gasteiger partial charge in [-0.3, -0.25) is 4.98 Å². The molecule has 2 aromatic heterocycles. The Morgan fingerprint density at radius 3 is 2.63 bits per heavy atom. The number of anilines is 1. The SMILES string of the molecule is COc1ccc(C2CC(c3cccnc3)Nc3ncnn32)c(OC)c1OC. The predicted molar refractivity (Wildman–Crippen MR) is 99.5 cm³/mol. The number of hydrogen-bond acceptors (Lipinski definition) is 7. The Hall–Kier alpha value is -3.29. The van der Waals surface area contributed by atoms with E-state index in [-0.39, 0.29) is 12.1 Å². The summed E-state index contributed by atoms with van der Waals surface area (Å²) >= 11 is 0. The molecule has 0 amide bonds. The first kappa shape index (κ1) is 17.1. The average Bonchev–Trinajstić information content (AvgIpc) is 3.21. The number of ether oxygens (including phenoxy) is 3. The van der Waals surface area contributed by atoms with E-state index in [1.54, 1.807) is 33.9 Å². The molecule has 140 valence electrons. The lowest BCUT2D eigenvalue weighted by molar-refractivity contribution is 0.315. The lowest BCUT2D eigenvalue weighted by Crippen LogP contribution is -2.28. The van der Waals surface area contributed by atoms with Crippen molar-refractivity contribution in [2.75, 3.05) is 26.6 Å². The van der Waals surface area contributed by atoms with E-state index < -0.39 is 0 Å². The molecule has 0 saturated heterocycles. The Kier molecular flexibility index (Phi) is 4.53. The molecular weight excluding hydrogens is 346 g/mol. The lowest BCUT2D eigenvalue weighted by Gasteiger charge is -2.32. The van der Waals surface area contributed by atoms with Gasteiger partial charge in [0.1, 0.15) is 6.33 Å². The summed E-state index contributed by atoms with van der Waals surface area (Å²) < 4.78 is 18.5. The van der Waals surface area contributed by atoms with Gasteiger partial charge in [-0.25, -0.2) is 4.68 Å². The Balaban J connectivity index is 1.81. The van der Waals surface area contributed by atoms with Gasteiger partial charge in [0.05, 0.1) is 33.4 Å². The summed E-state index contributed by atoms with van der Waals surface area (Å²) in [4.78, 5) is 8.60. The van der Waals surface area contributed by atoms with Crippen LogP contribution in [0.2, 0.25) is 0 Å². The van der Waals surface area contributed by atoms with E-state index in [1.807, 2.05) is 29.1 Å². The summed E-state index contributed by atoms with van der Waals surface area (Å²) in [5.41, 5.74) is 2.05. The largest absolute Gasteiger partial charge is 0.493 e. The zero-order valence-electron chi connectivity index (χ0n) is 15.4. The first-order valence-electron chi connectivity index (χ1n) is 8.61. The van der Waals surface area contributed by atoms with Crippen LogP contribution < -0.4 is 19.5 Å². The third-order valence-corrected chi connectivity index (χ3v) is 4.81. The summed E-state index contributed by atoms with van der Waals surface area (Å²) in [5, 5.41) is 7.85. The first-order valence-corrected chi connectivity index (χ1v) is 8.61. The summed E-state index contributed by atoms with van der Waals surface area (Å²) in [6.07, 6.45) is 5.94. The highest BCUT2D eigenvalue weighted by Gasteiger charge is 2.33. The van der Waals surface area contributed by atoms with Crippen molar-refractivity contribution in [3.63, 3.8) is 0 Å². The first-order chi connectivity index (χ1) is 13.3. The van der Waals surface area contributed by atoms with Gasteiger partial charge in [0.25, 0.3) is 0 Å². The zero-order chi connectivity index (χ0) is 18.8. The predicted octanol–water partition coefficient (Wildman–Crippen LogP) is 2.85. The maximum atomic E-state index is 5.70. The number of benzene rings is 1. The molecule has 1 N–H and O–H groups in total. The molecule has 1 aliphatic rings. The third kappa shape index (κ3) is 2.92. The molecular formula is C19H21N5O3. The van der Waals surface area contributed by atoms with Gasteiger partial charge in [0, 0.05) is 18.0 Å². The highest BCUT2D eigenvalue weighted by atomic mass is 16.5. The van der Waals surface area contributed by atoms with Crippen molar-refractivity contribution in [3.8, 4) is 17.2 Å². The molecule has 0 aliphatic carbocycles. The van der Waals surface area contributed by atoms with Gasteiger partial charge < -0.3 is 19.5 Å². The fourth-order valence-corrected chi connectivity index (χ4v) is 3.57. The van der Waals surface area contributed by atoms with Crippen molar-refractivity contribution < 1.29 is 14.2 Å². The molecule has 0 radical (unpaired) electrons. The number of hydrogen-bond donors (Lipinski definition) is 1. The molecule has 0 saturated carbocycles. The standard InChI is InChI=1S/C19H21N5O3/c1-25-16-7-6-13(17(26-2)18(16)27-3)15-9-14(12-5-4-8-20-10-12)23-19-21-11-22-24(15)19/h4-8,10-11,14-15H,9H2,1-3H3,(H,21,22,23). The molecule has 3 aromatic rings. The van der Waals surface area contributed by atoms with Crippen molar-refractivity contribution in [3.05, 3.63) is 54.1 Å². The van der Waals surface area contributed by atoms with Gasteiger partial charge >= 0.3 is 0 Å². The third-order valence-electron chi connectivity index (χ3n) is 4.81. The van der Waals surface area contributed by atoms with Gasteiger partial charge in [-0.05, 0) is 30.2 Å². The molecule has 0 fully saturated rings. The average molecular weight is 367 g/mol. The molecule has 3 heterocycles. The van der Waals surface area contributed by atoms with Crippen LogP contribution in [0.1, 0.15) is 29.6 Å². The topological polar surface area (TPSA) is 83.3 Å². The van der Waals surface area contributed by atoms with E-state index in [0.29, 0.717) is 23.2 Å². The fourth-order valence-electron chi connectivity index (χ4n) is 3.57. The molecule has 0 spiro atoms. The Morgan fingerprint density at radius 1 is 1.07 bits per heavy atom.